The van der Waals surface area contributed by atoms with Crippen LogP contribution in [0, 0.1) is 13.8 Å². The Morgan fingerprint density at radius 3 is 2.70 bits per heavy atom. The molecular weight excluding hydrogens is 250 g/mol. The number of hydrogen-bond acceptors (Lipinski definition) is 3. The first-order chi connectivity index (χ1) is 9.65. The molecule has 1 aliphatic carbocycles. The summed E-state index contributed by atoms with van der Waals surface area (Å²) in [5, 5.41) is 4.03. The molecule has 3 aromatic rings. The average molecular weight is 267 g/mol. The minimum Gasteiger partial charge on any atom is -0.361 e. The van der Waals surface area contributed by atoms with E-state index in [9.17, 15) is 0 Å². The van der Waals surface area contributed by atoms with Crippen molar-refractivity contribution in [1.82, 2.24) is 14.7 Å². The fourth-order valence-electron chi connectivity index (χ4n) is 2.98. The van der Waals surface area contributed by atoms with Gasteiger partial charge in [0.2, 0.25) is 0 Å². The number of fused-ring (bicyclic) bond motifs is 1. The third-order valence-electron chi connectivity index (χ3n) is 4.18. The summed E-state index contributed by atoms with van der Waals surface area (Å²) in [7, 11) is 2.11. The fraction of sp³-hybridized carbons (Fsp3) is 0.375. The van der Waals surface area contributed by atoms with E-state index < -0.39 is 0 Å². The lowest BCUT2D eigenvalue weighted by Crippen LogP contribution is -1.94. The molecule has 4 rings (SSSR count). The van der Waals surface area contributed by atoms with Gasteiger partial charge in [0.15, 0.2) is 0 Å². The van der Waals surface area contributed by atoms with E-state index in [4.69, 9.17) is 9.51 Å². The summed E-state index contributed by atoms with van der Waals surface area (Å²) in [5.74, 6) is 2.74. The van der Waals surface area contributed by atoms with Crippen molar-refractivity contribution in [2.45, 2.75) is 32.6 Å². The summed E-state index contributed by atoms with van der Waals surface area (Å²) < 4.78 is 7.49. The molecule has 1 fully saturated rings. The van der Waals surface area contributed by atoms with Crippen molar-refractivity contribution >= 4 is 11.0 Å². The van der Waals surface area contributed by atoms with Gasteiger partial charge < -0.3 is 9.09 Å². The second kappa shape index (κ2) is 3.95. The van der Waals surface area contributed by atoms with E-state index in [0.717, 1.165) is 28.1 Å². The maximum absolute atomic E-state index is 5.26. The quantitative estimate of drug-likeness (QED) is 0.710. The number of aryl methyl sites for hydroxylation is 3. The first-order valence-electron chi connectivity index (χ1n) is 7.05. The number of aromatic nitrogens is 3. The van der Waals surface area contributed by atoms with E-state index >= 15 is 0 Å². The van der Waals surface area contributed by atoms with Crippen LogP contribution < -0.4 is 0 Å². The molecule has 0 radical (unpaired) electrons. The van der Waals surface area contributed by atoms with Gasteiger partial charge in [-0.15, -0.1) is 0 Å². The van der Waals surface area contributed by atoms with Crippen LogP contribution in [-0.2, 0) is 7.05 Å². The van der Waals surface area contributed by atoms with Gasteiger partial charge in [-0.05, 0) is 44.4 Å². The Kier molecular flexibility index (Phi) is 2.31. The Bertz CT molecular complexity index is 789. The van der Waals surface area contributed by atoms with Gasteiger partial charge in [0.1, 0.15) is 11.6 Å². The second-order valence-corrected chi connectivity index (χ2v) is 5.71. The van der Waals surface area contributed by atoms with E-state index in [-0.39, 0.29) is 0 Å². The third kappa shape index (κ3) is 1.60. The van der Waals surface area contributed by atoms with Crippen molar-refractivity contribution in [2.24, 2.45) is 7.05 Å². The molecule has 4 nitrogen and oxygen atoms in total. The minimum absolute atomic E-state index is 0.662. The Balaban J connectivity index is 1.91. The van der Waals surface area contributed by atoms with Crippen LogP contribution in [0.15, 0.2) is 22.7 Å². The maximum Gasteiger partial charge on any atom is 0.141 e. The maximum atomic E-state index is 5.26. The van der Waals surface area contributed by atoms with Crippen LogP contribution in [0.4, 0.5) is 0 Å². The first kappa shape index (κ1) is 11.7. The Hall–Kier alpha value is -2.10. The zero-order chi connectivity index (χ0) is 13.9. The normalized spacial score (nSPS) is 15.2. The molecule has 1 aromatic carbocycles. The van der Waals surface area contributed by atoms with Gasteiger partial charge in [-0.3, -0.25) is 0 Å². The lowest BCUT2D eigenvalue weighted by molar-refractivity contribution is 0.393. The van der Waals surface area contributed by atoms with Crippen LogP contribution in [-0.4, -0.2) is 14.7 Å². The highest BCUT2D eigenvalue weighted by atomic mass is 16.5. The summed E-state index contributed by atoms with van der Waals surface area (Å²) in [6.07, 6.45) is 2.54. The van der Waals surface area contributed by atoms with Crippen LogP contribution in [0.3, 0.4) is 0 Å². The molecule has 102 valence electrons. The Labute approximate surface area is 117 Å². The smallest absolute Gasteiger partial charge is 0.141 e. The van der Waals surface area contributed by atoms with E-state index in [0.29, 0.717) is 5.92 Å². The van der Waals surface area contributed by atoms with Gasteiger partial charge in [0.25, 0.3) is 0 Å². The molecular formula is C16H17N3O. The summed E-state index contributed by atoms with van der Waals surface area (Å²) in [6, 6.07) is 6.43. The molecule has 0 amide bonds. The summed E-state index contributed by atoms with van der Waals surface area (Å²) in [5.41, 5.74) is 5.41. The van der Waals surface area contributed by atoms with E-state index in [1.165, 1.54) is 24.2 Å². The highest BCUT2D eigenvalue weighted by Gasteiger charge is 2.28. The predicted molar refractivity (Wildman–Crippen MR) is 77.7 cm³/mol. The summed E-state index contributed by atoms with van der Waals surface area (Å²) in [6.45, 7) is 3.93. The van der Waals surface area contributed by atoms with Crippen LogP contribution in [0.2, 0.25) is 0 Å². The number of nitrogens with zero attached hydrogens (tertiary/aromatic N) is 3. The van der Waals surface area contributed by atoms with Gasteiger partial charge in [0, 0.05) is 18.5 Å². The molecule has 1 saturated carbocycles. The minimum atomic E-state index is 0.662. The highest BCUT2D eigenvalue weighted by molar-refractivity contribution is 5.83. The number of benzene rings is 1. The van der Waals surface area contributed by atoms with Crippen molar-refractivity contribution in [3.63, 3.8) is 0 Å². The summed E-state index contributed by atoms with van der Waals surface area (Å²) >= 11 is 0. The SMILES string of the molecule is Cc1noc(C)c1-c1ccc2c(c1)nc(C1CC1)n2C. The molecule has 2 heterocycles. The molecule has 0 saturated heterocycles. The van der Waals surface area contributed by atoms with Crippen LogP contribution in [0.1, 0.15) is 36.0 Å². The lowest BCUT2D eigenvalue weighted by Gasteiger charge is -2.01. The molecule has 0 N–H and O–H groups in total. The number of rotatable bonds is 2. The zero-order valence-electron chi connectivity index (χ0n) is 12.0. The molecule has 20 heavy (non-hydrogen) atoms. The zero-order valence-corrected chi connectivity index (χ0v) is 12.0. The molecule has 0 spiro atoms. The molecule has 4 heteroatoms. The molecule has 0 aliphatic heterocycles. The molecule has 1 aliphatic rings. The molecule has 0 atom stereocenters. The van der Waals surface area contributed by atoms with E-state index in [1.54, 1.807) is 0 Å². The number of imidazole rings is 1. The Morgan fingerprint density at radius 1 is 1.25 bits per heavy atom. The van der Waals surface area contributed by atoms with Crippen molar-refractivity contribution in [3.8, 4) is 11.1 Å². The number of hydrogen-bond donors (Lipinski definition) is 0. The summed E-state index contributed by atoms with van der Waals surface area (Å²) in [4.78, 5) is 4.82. The van der Waals surface area contributed by atoms with Gasteiger partial charge in [-0.25, -0.2) is 4.98 Å². The topological polar surface area (TPSA) is 43.9 Å². The molecule has 0 bridgehead atoms. The highest BCUT2D eigenvalue weighted by Crippen LogP contribution is 2.40. The van der Waals surface area contributed by atoms with Crippen molar-refractivity contribution in [1.29, 1.82) is 0 Å². The van der Waals surface area contributed by atoms with Gasteiger partial charge in [-0.1, -0.05) is 11.2 Å². The lowest BCUT2D eigenvalue weighted by atomic mass is 10.0. The van der Waals surface area contributed by atoms with E-state index in [2.05, 4.69) is 35.0 Å². The first-order valence-corrected chi connectivity index (χ1v) is 7.05. The monoisotopic (exact) mass is 267 g/mol. The van der Waals surface area contributed by atoms with Crippen LogP contribution in [0.25, 0.3) is 22.2 Å². The second-order valence-electron chi connectivity index (χ2n) is 5.71. The van der Waals surface area contributed by atoms with Crippen LogP contribution >= 0.6 is 0 Å². The third-order valence-corrected chi connectivity index (χ3v) is 4.18. The largest absolute Gasteiger partial charge is 0.361 e. The van der Waals surface area contributed by atoms with Crippen molar-refractivity contribution < 1.29 is 4.52 Å². The van der Waals surface area contributed by atoms with Gasteiger partial charge >= 0.3 is 0 Å². The molecule has 2 aromatic heterocycles. The molecule has 0 unspecified atom stereocenters. The average Bonchev–Trinajstić information content (AvgIpc) is 3.15. The standard InChI is InChI=1S/C16H17N3O/c1-9-15(10(2)20-18-9)12-6-7-14-13(8-12)17-16(19(14)3)11-4-5-11/h6-8,11H,4-5H2,1-3H3. The van der Waals surface area contributed by atoms with Gasteiger partial charge in [-0.2, -0.15) is 0 Å². The van der Waals surface area contributed by atoms with Crippen LogP contribution in [0.5, 0.6) is 0 Å². The van der Waals surface area contributed by atoms with Crippen molar-refractivity contribution in [3.05, 3.63) is 35.5 Å². The fourth-order valence-corrected chi connectivity index (χ4v) is 2.98. The van der Waals surface area contributed by atoms with E-state index in [1.807, 2.05) is 13.8 Å². The van der Waals surface area contributed by atoms with Gasteiger partial charge in [0.05, 0.1) is 16.7 Å². The Morgan fingerprint density at radius 2 is 2.05 bits per heavy atom. The van der Waals surface area contributed by atoms with Crippen molar-refractivity contribution in [2.75, 3.05) is 0 Å². The predicted octanol–water partition coefficient (Wildman–Crippen LogP) is 3.72.